The van der Waals surface area contributed by atoms with Gasteiger partial charge in [-0.15, -0.1) is 11.3 Å². The Labute approximate surface area is 144 Å². The highest BCUT2D eigenvalue weighted by molar-refractivity contribution is 7.09. The van der Waals surface area contributed by atoms with E-state index in [1.165, 1.54) is 11.3 Å². The Morgan fingerprint density at radius 2 is 2.33 bits per heavy atom. The first-order valence-corrected chi connectivity index (χ1v) is 9.02. The first-order chi connectivity index (χ1) is 11.6. The smallest absolute Gasteiger partial charge is 0.273 e. The van der Waals surface area contributed by atoms with E-state index in [1.807, 2.05) is 41.5 Å². The number of aromatic nitrogens is 1. The zero-order valence-corrected chi connectivity index (χ0v) is 14.4. The molecule has 0 bridgehead atoms. The van der Waals surface area contributed by atoms with Crippen LogP contribution in [0.5, 0.6) is 5.75 Å². The number of hydrogen-bond acceptors (Lipinski definition) is 5. The molecule has 2 aromatic rings. The molecule has 24 heavy (non-hydrogen) atoms. The molecular weight excluding hydrogens is 324 g/mol. The molecule has 0 saturated carbocycles. The van der Waals surface area contributed by atoms with E-state index in [-0.39, 0.29) is 23.8 Å². The van der Waals surface area contributed by atoms with E-state index in [1.54, 1.807) is 0 Å². The first kappa shape index (κ1) is 15.6. The van der Waals surface area contributed by atoms with Crippen molar-refractivity contribution in [1.82, 2.24) is 9.88 Å². The summed E-state index contributed by atoms with van der Waals surface area (Å²) in [4.78, 5) is 18.9. The molecule has 0 unspecified atom stereocenters. The number of benzene rings is 1. The van der Waals surface area contributed by atoms with Crippen LogP contribution < -0.4 is 4.74 Å². The van der Waals surface area contributed by atoms with Gasteiger partial charge in [0, 0.05) is 29.8 Å². The molecule has 3 heterocycles. The lowest BCUT2D eigenvalue weighted by atomic mass is 9.75. The molecule has 0 radical (unpaired) electrons. The molecule has 1 aromatic heterocycles. The van der Waals surface area contributed by atoms with Gasteiger partial charge in [0.1, 0.15) is 11.4 Å². The minimum absolute atomic E-state index is 0.0477. The van der Waals surface area contributed by atoms with Gasteiger partial charge in [-0.1, -0.05) is 18.2 Å². The lowest BCUT2D eigenvalue weighted by Gasteiger charge is -2.30. The molecule has 6 heteroatoms. The summed E-state index contributed by atoms with van der Waals surface area (Å²) in [5.41, 5.74) is 1.27. The molecule has 1 N–H and O–H groups in total. The summed E-state index contributed by atoms with van der Waals surface area (Å²) < 4.78 is 5.96. The maximum atomic E-state index is 12.7. The Balaban J connectivity index is 1.62. The average Bonchev–Trinajstić information content (AvgIpc) is 3.14. The fraction of sp³-hybridized carbons (Fsp3) is 0.444. The summed E-state index contributed by atoms with van der Waals surface area (Å²) in [6, 6.07) is 7.97. The third-order valence-corrected chi connectivity index (χ3v) is 5.98. The number of aliphatic hydroxyl groups is 1. The van der Waals surface area contributed by atoms with Gasteiger partial charge in [0.25, 0.3) is 5.91 Å². The summed E-state index contributed by atoms with van der Waals surface area (Å²) in [5.74, 6) is 0.972. The summed E-state index contributed by atoms with van der Waals surface area (Å²) in [7, 11) is 0. The zero-order chi connectivity index (χ0) is 16.7. The standard InChI is InChI=1S/C18H20N2O3S/c1-12-19-15(9-24-12)17(22)20-7-14-8-23-16-5-3-2-4-13(16)6-18(14,10-20)11-21/h2-5,9,14,21H,6-8,10-11H2,1H3/t14-,18-/m1/s1. The van der Waals surface area contributed by atoms with Crippen LogP contribution in [0.4, 0.5) is 0 Å². The summed E-state index contributed by atoms with van der Waals surface area (Å²) in [5, 5.41) is 12.9. The molecule has 2 aliphatic heterocycles. The third-order valence-electron chi connectivity index (χ3n) is 5.21. The number of nitrogens with zero attached hydrogens (tertiary/aromatic N) is 2. The first-order valence-electron chi connectivity index (χ1n) is 8.14. The van der Waals surface area contributed by atoms with Crippen molar-refractivity contribution in [3.05, 3.63) is 45.9 Å². The van der Waals surface area contributed by atoms with Gasteiger partial charge in [-0.25, -0.2) is 4.98 Å². The number of ether oxygens (including phenoxy) is 1. The van der Waals surface area contributed by atoms with Crippen LogP contribution in [-0.2, 0) is 6.42 Å². The van der Waals surface area contributed by atoms with Gasteiger partial charge < -0.3 is 14.7 Å². The monoisotopic (exact) mass is 344 g/mol. The fourth-order valence-electron chi connectivity index (χ4n) is 3.84. The normalized spacial score (nSPS) is 25.6. The van der Waals surface area contributed by atoms with Gasteiger partial charge in [0.15, 0.2) is 0 Å². The summed E-state index contributed by atoms with van der Waals surface area (Å²) in [6.45, 7) is 3.62. The number of aryl methyl sites for hydroxylation is 1. The highest BCUT2D eigenvalue weighted by Gasteiger charge is 2.49. The molecule has 0 spiro atoms. The third kappa shape index (κ3) is 2.50. The van der Waals surface area contributed by atoms with Crippen molar-refractivity contribution in [1.29, 1.82) is 0 Å². The number of carbonyl (C=O) groups is 1. The molecule has 0 aliphatic carbocycles. The number of thiazole rings is 1. The quantitative estimate of drug-likeness (QED) is 0.907. The maximum absolute atomic E-state index is 12.7. The molecule has 1 amide bonds. The number of aliphatic hydroxyl groups excluding tert-OH is 1. The van der Waals surface area contributed by atoms with Gasteiger partial charge >= 0.3 is 0 Å². The van der Waals surface area contributed by atoms with Gasteiger partial charge in [-0.05, 0) is 25.0 Å². The minimum atomic E-state index is -0.340. The van der Waals surface area contributed by atoms with E-state index in [2.05, 4.69) is 4.98 Å². The predicted molar refractivity (Wildman–Crippen MR) is 91.4 cm³/mol. The van der Waals surface area contributed by atoms with E-state index < -0.39 is 0 Å². The van der Waals surface area contributed by atoms with Crippen molar-refractivity contribution in [3.63, 3.8) is 0 Å². The molecular formula is C18H20N2O3S. The van der Waals surface area contributed by atoms with E-state index in [0.29, 0.717) is 25.4 Å². The SMILES string of the molecule is Cc1nc(C(=O)N2C[C@@H]3COc4ccccc4C[C@]3(CO)C2)cs1. The number of likely N-dealkylation sites (tertiary alicyclic amines) is 1. The summed E-state index contributed by atoms with van der Waals surface area (Å²) >= 11 is 1.48. The molecule has 5 nitrogen and oxygen atoms in total. The largest absolute Gasteiger partial charge is 0.493 e. The highest BCUT2D eigenvalue weighted by Crippen LogP contribution is 2.43. The molecule has 2 atom stereocenters. The molecule has 126 valence electrons. The molecule has 4 rings (SSSR count). The van der Waals surface area contributed by atoms with Crippen LogP contribution in [0.15, 0.2) is 29.6 Å². The topological polar surface area (TPSA) is 62.7 Å². The van der Waals surface area contributed by atoms with Crippen molar-refractivity contribution < 1.29 is 14.6 Å². The van der Waals surface area contributed by atoms with Gasteiger partial charge in [-0.2, -0.15) is 0 Å². The Morgan fingerprint density at radius 1 is 1.50 bits per heavy atom. The van der Waals surface area contributed by atoms with Gasteiger partial charge in [0.05, 0.1) is 18.2 Å². The van der Waals surface area contributed by atoms with E-state index >= 15 is 0 Å². The van der Waals surface area contributed by atoms with E-state index in [4.69, 9.17) is 4.74 Å². The average molecular weight is 344 g/mol. The van der Waals surface area contributed by atoms with Crippen molar-refractivity contribution >= 4 is 17.2 Å². The molecule has 1 aromatic carbocycles. The van der Waals surface area contributed by atoms with Crippen LogP contribution in [0.25, 0.3) is 0 Å². The Bertz CT molecular complexity index is 775. The summed E-state index contributed by atoms with van der Waals surface area (Å²) in [6.07, 6.45) is 0.726. The fourth-order valence-corrected chi connectivity index (χ4v) is 4.42. The van der Waals surface area contributed by atoms with Crippen molar-refractivity contribution in [3.8, 4) is 5.75 Å². The van der Waals surface area contributed by atoms with Crippen LogP contribution in [0.1, 0.15) is 21.1 Å². The lowest BCUT2D eigenvalue weighted by Crippen LogP contribution is -2.38. The second-order valence-electron chi connectivity index (χ2n) is 6.75. The van der Waals surface area contributed by atoms with Crippen LogP contribution in [-0.4, -0.2) is 47.2 Å². The number of amides is 1. The lowest BCUT2D eigenvalue weighted by molar-refractivity contribution is 0.0691. The predicted octanol–water partition coefficient (Wildman–Crippen LogP) is 2.14. The minimum Gasteiger partial charge on any atom is -0.493 e. The number of rotatable bonds is 2. The number of fused-ring (bicyclic) bond motifs is 2. The molecule has 2 aliphatic rings. The van der Waals surface area contributed by atoms with Crippen LogP contribution in [0.3, 0.4) is 0 Å². The second-order valence-corrected chi connectivity index (χ2v) is 7.81. The number of para-hydroxylation sites is 1. The number of carbonyl (C=O) groups excluding carboxylic acids is 1. The van der Waals surface area contributed by atoms with Crippen molar-refractivity contribution in [2.45, 2.75) is 13.3 Å². The Morgan fingerprint density at radius 3 is 3.08 bits per heavy atom. The van der Waals surface area contributed by atoms with Crippen LogP contribution in [0, 0.1) is 18.3 Å². The van der Waals surface area contributed by atoms with Crippen molar-refractivity contribution in [2.75, 3.05) is 26.3 Å². The van der Waals surface area contributed by atoms with Crippen molar-refractivity contribution in [2.24, 2.45) is 11.3 Å². The highest BCUT2D eigenvalue weighted by atomic mass is 32.1. The van der Waals surface area contributed by atoms with Gasteiger partial charge in [0.2, 0.25) is 0 Å². The molecule has 1 saturated heterocycles. The Kier molecular flexibility index (Phi) is 3.81. The van der Waals surface area contributed by atoms with Crippen LogP contribution in [0.2, 0.25) is 0 Å². The van der Waals surface area contributed by atoms with E-state index in [0.717, 1.165) is 22.7 Å². The van der Waals surface area contributed by atoms with Crippen LogP contribution >= 0.6 is 11.3 Å². The zero-order valence-electron chi connectivity index (χ0n) is 13.6. The maximum Gasteiger partial charge on any atom is 0.273 e. The second kappa shape index (κ2) is 5.86. The number of hydrogen-bond donors (Lipinski definition) is 1. The molecule has 1 fully saturated rings. The Hall–Kier alpha value is -1.92. The van der Waals surface area contributed by atoms with E-state index in [9.17, 15) is 9.90 Å². The van der Waals surface area contributed by atoms with Gasteiger partial charge in [-0.3, -0.25) is 4.79 Å².